The third-order valence-electron chi connectivity index (χ3n) is 8.04. The summed E-state index contributed by atoms with van der Waals surface area (Å²) in [6.45, 7) is 0.612. The number of benzene rings is 3. The van der Waals surface area contributed by atoms with Crippen molar-refractivity contribution in [1.82, 2.24) is 9.80 Å². The van der Waals surface area contributed by atoms with Crippen LogP contribution in [0.2, 0.25) is 5.02 Å². The third kappa shape index (κ3) is 7.39. The van der Waals surface area contributed by atoms with Gasteiger partial charge in [-0.05, 0) is 60.9 Å². The van der Waals surface area contributed by atoms with Gasteiger partial charge in [-0.1, -0.05) is 17.7 Å². The van der Waals surface area contributed by atoms with Crippen molar-refractivity contribution in [1.29, 1.82) is 0 Å². The van der Waals surface area contributed by atoms with E-state index in [-0.39, 0.29) is 50.1 Å². The summed E-state index contributed by atoms with van der Waals surface area (Å²) in [4.78, 5) is 44.4. The van der Waals surface area contributed by atoms with E-state index in [9.17, 15) is 14.4 Å². The maximum Gasteiger partial charge on any atom is 0.322 e. The predicted molar refractivity (Wildman–Crippen MR) is 173 cm³/mol. The van der Waals surface area contributed by atoms with Crippen molar-refractivity contribution >= 4 is 40.2 Å². The van der Waals surface area contributed by atoms with E-state index in [4.69, 9.17) is 39.7 Å². The van der Waals surface area contributed by atoms with Crippen LogP contribution in [0.4, 0.5) is 10.5 Å². The number of carbonyl (C=O) groups is 2. The maximum absolute atomic E-state index is 14.2. The first-order chi connectivity index (χ1) is 22.8. The van der Waals surface area contributed by atoms with Crippen molar-refractivity contribution in [2.45, 2.75) is 32.0 Å². The first-order valence-corrected chi connectivity index (χ1v) is 15.4. The molecule has 2 aliphatic heterocycles. The minimum atomic E-state index is -0.514. The van der Waals surface area contributed by atoms with Gasteiger partial charge in [0.2, 0.25) is 12.7 Å². The molecule has 1 unspecified atom stereocenters. The molecule has 47 heavy (non-hydrogen) atoms. The summed E-state index contributed by atoms with van der Waals surface area (Å²) in [5, 5.41) is 3.56. The number of ether oxygens (including phenoxy) is 5. The van der Waals surface area contributed by atoms with Crippen molar-refractivity contribution in [2.24, 2.45) is 0 Å². The highest BCUT2D eigenvalue weighted by Crippen LogP contribution is 2.33. The van der Waals surface area contributed by atoms with Crippen LogP contribution in [-0.2, 0) is 22.6 Å². The fraction of sp³-hybridized carbons (Fsp3) is 0.324. The van der Waals surface area contributed by atoms with Gasteiger partial charge in [0.1, 0.15) is 23.6 Å². The Hall–Kier alpha value is -4.94. The molecule has 2 aliphatic rings. The van der Waals surface area contributed by atoms with E-state index in [0.717, 1.165) is 18.4 Å². The van der Waals surface area contributed by atoms with Crippen molar-refractivity contribution in [3.63, 3.8) is 0 Å². The first kappa shape index (κ1) is 32.0. The van der Waals surface area contributed by atoms with Gasteiger partial charge in [-0.2, -0.15) is 0 Å². The zero-order chi connectivity index (χ0) is 32.9. The van der Waals surface area contributed by atoms with Gasteiger partial charge >= 0.3 is 6.03 Å². The monoisotopic (exact) mass is 663 g/mol. The molecule has 1 atom stereocenters. The molecule has 0 spiro atoms. The number of hydrogen-bond donors (Lipinski definition) is 1. The number of nitrogens with zero attached hydrogens (tertiary/aromatic N) is 2. The molecule has 3 heterocycles. The van der Waals surface area contributed by atoms with Gasteiger partial charge in [0.15, 0.2) is 16.9 Å². The highest BCUT2D eigenvalue weighted by atomic mass is 35.5. The molecule has 0 aliphatic carbocycles. The van der Waals surface area contributed by atoms with E-state index >= 15 is 0 Å². The SMILES string of the molecule is COc1ccc(NC(=O)N(CC(=O)N(Cc2ccc3c(c2)OCO3)Cc2coc3ccc(Cl)cc3c2=O)CC2CCCO2)c(OC)c1. The van der Waals surface area contributed by atoms with Crippen LogP contribution in [0.15, 0.2) is 70.1 Å². The number of fused-ring (bicyclic) bond motifs is 2. The normalized spacial score (nSPS) is 15.0. The Labute approximate surface area is 275 Å². The molecule has 246 valence electrons. The molecular formula is C34H34ClN3O9. The van der Waals surface area contributed by atoms with E-state index in [1.54, 1.807) is 42.5 Å². The summed E-state index contributed by atoms with van der Waals surface area (Å²) in [6.07, 6.45) is 2.74. The van der Waals surface area contributed by atoms with Gasteiger partial charge in [-0.25, -0.2) is 4.79 Å². The van der Waals surface area contributed by atoms with Gasteiger partial charge in [0.25, 0.3) is 0 Å². The molecule has 3 amide bonds. The van der Waals surface area contributed by atoms with Crippen molar-refractivity contribution < 1.29 is 37.7 Å². The molecule has 4 aromatic rings. The number of urea groups is 1. The molecular weight excluding hydrogens is 630 g/mol. The lowest BCUT2D eigenvalue weighted by molar-refractivity contribution is -0.133. The standard InChI is InChI=1S/C34H34ClN3O9/c1-42-24-7-8-27(30(14-24)43-2)36-34(41)38(17-25-4-3-11-44-25)18-32(39)37(15-21-5-9-29-31(12-21)47-20-46-29)16-22-19-45-28-10-6-23(35)13-26(28)33(22)40/h5-10,12-14,19,25H,3-4,11,15-18,20H2,1-2H3,(H,36,41). The van der Waals surface area contributed by atoms with E-state index in [1.807, 2.05) is 6.07 Å². The number of amides is 3. The highest BCUT2D eigenvalue weighted by Gasteiger charge is 2.28. The summed E-state index contributed by atoms with van der Waals surface area (Å²) in [5.74, 6) is 1.72. The van der Waals surface area contributed by atoms with Crippen LogP contribution in [0.5, 0.6) is 23.0 Å². The lowest BCUT2D eigenvalue weighted by atomic mass is 10.1. The average molecular weight is 664 g/mol. The van der Waals surface area contributed by atoms with E-state index < -0.39 is 11.9 Å². The Morgan fingerprint density at radius 2 is 1.83 bits per heavy atom. The fourth-order valence-electron chi connectivity index (χ4n) is 5.56. The zero-order valence-electron chi connectivity index (χ0n) is 26.0. The number of hydrogen-bond acceptors (Lipinski definition) is 9. The second kappa shape index (κ2) is 14.2. The Balaban J connectivity index is 1.29. The number of methoxy groups -OCH3 is 2. The molecule has 1 saturated heterocycles. The molecule has 0 saturated carbocycles. The molecule has 6 rings (SSSR count). The number of anilines is 1. The van der Waals surface area contributed by atoms with Crippen molar-refractivity contribution in [3.05, 3.63) is 87.2 Å². The summed E-state index contributed by atoms with van der Waals surface area (Å²) in [5.41, 5.74) is 1.48. The topological polar surface area (TPSA) is 129 Å². The summed E-state index contributed by atoms with van der Waals surface area (Å²) < 4.78 is 33.3. The Morgan fingerprint density at radius 1 is 0.979 bits per heavy atom. The maximum atomic E-state index is 14.2. The van der Waals surface area contributed by atoms with Gasteiger partial charge in [0.05, 0.1) is 49.8 Å². The summed E-state index contributed by atoms with van der Waals surface area (Å²) >= 11 is 6.17. The van der Waals surface area contributed by atoms with Crippen molar-refractivity contribution in [3.8, 4) is 23.0 Å². The predicted octanol–water partition coefficient (Wildman–Crippen LogP) is 5.43. The number of nitrogens with one attached hydrogen (secondary N) is 1. The minimum Gasteiger partial charge on any atom is -0.497 e. The van der Waals surface area contributed by atoms with Crippen LogP contribution in [-0.4, -0.2) is 68.6 Å². The van der Waals surface area contributed by atoms with Crippen LogP contribution >= 0.6 is 11.6 Å². The minimum absolute atomic E-state index is 0.0836. The smallest absolute Gasteiger partial charge is 0.322 e. The molecule has 1 N–H and O–H groups in total. The number of halogens is 1. The Bertz CT molecular complexity index is 1840. The number of rotatable bonds is 11. The van der Waals surface area contributed by atoms with Gasteiger partial charge in [-0.15, -0.1) is 0 Å². The van der Waals surface area contributed by atoms with Crippen LogP contribution in [0.3, 0.4) is 0 Å². The highest BCUT2D eigenvalue weighted by molar-refractivity contribution is 6.31. The zero-order valence-corrected chi connectivity index (χ0v) is 26.7. The van der Waals surface area contributed by atoms with Gasteiger partial charge < -0.3 is 43.2 Å². The Morgan fingerprint density at radius 3 is 2.62 bits per heavy atom. The second-order valence-corrected chi connectivity index (χ2v) is 11.6. The van der Waals surface area contributed by atoms with Crippen LogP contribution in [0.25, 0.3) is 11.0 Å². The largest absolute Gasteiger partial charge is 0.497 e. The number of carbonyl (C=O) groups excluding carboxylic acids is 2. The molecule has 12 nitrogen and oxygen atoms in total. The molecule has 13 heteroatoms. The van der Waals surface area contributed by atoms with Gasteiger partial charge in [0, 0.05) is 30.8 Å². The first-order valence-electron chi connectivity index (χ1n) is 15.1. The molecule has 0 radical (unpaired) electrons. The fourth-order valence-corrected chi connectivity index (χ4v) is 5.73. The lowest BCUT2D eigenvalue weighted by Crippen LogP contribution is -2.47. The Kier molecular flexibility index (Phi) is 9.69. The second-order valence-electron chi connectivity index (χ2n) is 11.2. The van der Waals surface area contributed by atoms with Crippen LogP contribution < -0.4 is 29.7 Å². The van der Waals surface area contributed by atoms with Crippen LogP contribution in [0, 0.1) is 0 Å². The van der Waals surface area contributed by atoms with E-state index in [1.165, 1.54) is 36.3 Å². The molecule has 0 bridgehead atoms. The quantitative estimate of drug-likeness (QED) is 0.223. The van der Waals surface area contributed by atoms with Gasteiger partial charge in [-0.3, -0.25) is 9.59 Å². The third-order valence-corrected chi connectivity index (χ3v) is 8.28. The summed E-state index contributed by atoms with van der Waals surface area (Å²) in [6, 6.07) is 14.7. The van der Waals surface area contributed by atoms with Crippen molar-refractivity contribution in [2.75, 3.05) is 46.0 Å². The molecule has 1 aromatic heterocycles. The van der Waals surface area contributed by atoms with E-state index in [0.29, 0.717) is 51.3 Å². The molecule has 1 fully saturated rings. The summed E-state index contributed by atoms with van der Waals surface area (Å²) in [7, 11) is 3.03. The lowest BCUT2D eigenvalue weighted by Gasteiger charge is -2.29. The van der Waals surface area contributed by atoms with Crippen LogP contribution in [0.1, 0.15) is 24.0 Å². The van der Waals surface area contributed by atoms with E-state index in [2.05, 4.69) is 5.32 Å². The molecule has 3 aromatic carbocycles. The average Bonchev–Trinajstić information content (AvgIpc) is 3.78.